The minimum absolute atomic E-state index is 0.322. The second-order valence-corrected chi connectivity index (χ2v) is 5.45. The van der Waals surface area contributed by atoms with Crippen LogP contribution >= 0.6 is 0 Å². The summed E-state index contributed by atoms with van der Waals surface area (Å²) in [5.74, 6) is -5.30. The van der Waals surface area contributed by atoms with E-state index in [1.54, 1.807) is 6.08 Å². The second-order valence-electron chi connectivity index (χ2n) is 5.45. The van der Waals surface area contributed by atoms with Crippen LogP contribution in [0.25, 0.3) is 0 Å². The van der Waals surface area contributed by atoms with Crippen LogP contribution in [0.4, 0.5) is 17.6 Å². The summed E-state index contributed by atoms with van der Waals surface area (Å²) in [7, 11) is 0. The van der Waals surface area contributed by atoms with Crippen LogP contribution in [0.2, 0.25) is 0 Å². The van der Waals surface area contributed by atoms with E-state index in [9.17, 15) is 17.6 Å². The standard InChI is InChI=1S/C7H12F2.C7H10F2/c2*1-7(8,9)6-4-2-3-5-6/h6H,2-5H2,1H3;4H,2-3,5H2,1H3. The number of allylic oxidation sites excluding steroid dienone is 2. The lowest BCUT2D eigenvalue weighted by molar-refractivity contribution is -0.0366. The minimum Gasteiger partial charge on any atom is -0.207 e. The third kappa shape index (κ3) is 4.99. The van der Waals surface area contributed by atoms with Crippen LogP contribution in [-0.2, 0) is 0 Å². The average molecular weight is 266 g/mol. The molecule has 0 spiro atoms. The van der Waals surface area contributed by atoms with Crippen molar-refractivity contribution in [2.75, 3.05) is 0 Å². The normalized spacial score (nSPS) is 21.6. The van der Waals surface area contributed by atoms with E-state index >= 15 is 0 Å². The molecule has 1 fully saturated rings. The van der Waals surface area contributed by atoms with Crippen molar-refractivity contribution in [3.63, 3.8) is 0 Å². The maximum absolute atomic E-state index is 12.4. The molecule has 0 aromatic rings. The van der Waals surface area contributed by atoms with E-state index in [-0.39, 0.29) is 5.92 Å². The van der Waals surface area contributed by atoms with E-state index in [1.807, 2.05) is 0 Å². The summed E-state index contributed by atoms with van der Waals surface area (Å²) in [6.07, 6.45) is 7.41. The van der Waals surface area contributed by atoms with Crippen molar-refractivity contribution in [2.24, 2.45) is 5.92 Å². The molecule has 2 aliphatic carbocycles. The quantitative estimate of drug-likeness (QED) is 0.452. The summed E-state index contributed by atoms with van der Waals surface area (Å²) in [6.45, 7) is 1.99. The molecule has 4 heteroatoms. The molecule has 0 aliphatic heterocycles. The largest absolute Gasteiger partial charge is 0.266 e. The monoisotopic (exact) mass is 266 g/mol. The van der Waals surface area contributed by atoms with Gasteiger partial charge >= 0.3 is 0 Å². The zero-order chi connectivity index (χ0) is 13.8. The smallest absolute Gasteiger partial charge is 0.207 e. The van der Waals surface area contributed by atoms with Crippen molar-refractivity contribution in [3.8, 4) is 0 Å². The molecule has 0 unspecified atom stereocenters. The Kier molecular flexibility index (Phi) is 5.23. The van der Waals surface area contributed by atoms with Crippen molar-refractivity contribution in [1.29, 1.82) is 0 Å². The minimum atomic E-state index is -2.56. The van der Waals surface area contributed by atoms with Crippen molar-refractivity contribution in [1.82, 2.24) is 0 Å². The average Bonchev–Trinajstić information content (AvgIpc) is 2.91. The lowest BCUT2D eigenvalue weighted by atomic mass is 10.0. The Morgan fingerprint density at radius 2 is 1.56 bits per heavy atom. The second kappa shape index (κ2) is 6.07. The number of halogens is 4. The molecule has 0 nitrogen and oxygen atoms in total. The van der Waals surface area contributed by atoms with Gasteiger partial charge in [0.05, 0.1) is 0 Å². The van der Waals surface area contributed by atoms with Crippen molar-refractivity contribution >= 4 is 0 Å². The molecule has 2 aliphatic rings. The first-order valence-electron chi connectivity index (χ1n) is 6.66. The Hall–Kier alpha value is -0.540. The number of rotatable bonds is 2. The molecule has 106 valence electrons. The summed E-state index contributed by atoms with van der Waals surface area (Å²) >= 11 is 0. The van der Waals surface area contributed by atoms with Crippen LogP contribution in [0.3, 0.4) is 0 Å². The van der Waals surface area contributed by atoms with Gasteiger partial charge in [0.1, 0.15) is 0 Å². The van der Waals surface area contributed by atoms with Gasteiger partial charge in [-0.1, -0.05) is 18.9 Å². The fraction of sp³-hybridized carbons (Fsp3) is 0.857. The van der Waals surface area contributed by atoms with Crippen LogP contribution in [0.1, 0.15) is 58.8 Å². The first-order chi connectivity index (χ1) is 8.21. The lowest BCUT2D eigenvalue weighted by Gasteiger charge is -2.16. The van der Waals surface area contributed by atoms with Crippen molar-refractivity contribution < 1.29 is 17.6 Å². The van der Waals surface area contributed by atoms with Crippen LogP contribution in [0.15, 0.2) is 11.6 Å². The maximum Gasteiger partial charge on any atom is 0.266 e. The first-order valence-corrected chi connectivity index (χ1v) is 6.66. The summed E-state index contributed by atoms with van der Waals surface area (Å²) in [5.41, 5.74) is 0.322. The predicted octanol–water partition coefficient (Wildman–Crippen LogP) is 5.58. The van der Waals surface area contributed by atoms with E-state index in [1.165, 1.54) is 0 Å². The lowest BCUT2D eigenvalue weighted by Crippen LogP contribution is -2.20. The SMILES string of the molecule is CC(F)(F)C1=CCCC1.CC(F)(F)C1CCCC1. The molecule has 0 N–H and O–H groups in total. The Labute approximate surface area is 106 Å². The fourth-order valence-corrected chi connectivity index (χ4v) is 2.50. The molecule has 1 saturated carbocycles. The van der Waals surface area contributed by atoms with Gasteiger partial charge in [0.15, 0.2) is 0 Å². The van der Waals surface area contributed by atoms with Gasteiger partial charge in [-0.2, -0.15) is 0 Å². The van der Waals surface area contributed by atoms with Crippen molar-refractivity contribution in [2.45, 2.75) is 70.6 Å². The maximum atomic E-state index is 12.4. The van der Waals surface area contributed by atoms with Gasteiger partial charge in [-0.25, -0.2) is 17.6 Å². The van der Waals surface area contributed by atoms with Gasteiger partial charge in [-0.15, -0.1) is 0 Å². The van der Waals surface area contributed by atoms with Gasteiger partial charge in [0.2, 0.25) is 5.92 Å². The molecule has 0 amide bonds. The molecule has 0 atom stereocenters. The topological polar surface area (TPSA) is 0 Å². The zero-order valence-electron chi connectivity index (χ0n) is 11.1. The van der Waals surface area contributed by atoms with Crippen LogP contribution in [0.5, 0.6) is 0 Å². The number of hydrogen-bond donors (Lipinski definition) is 0. The molecule has 0 saturated heterocycles. The Bertz CT molecular complexity index is 277. The van der Waals surface area contributed by atoms with E-state index < -0.39 is 11.8 Å². The molecule has 0 heterocycles. The molecule has 18 heavy (non-hydrogen) atoms. The molecule has 2 rings (SSSR count). The fourth-order valence-electron chi connectivity index (χ4n) is 2.50. The summed E-state index contributed by atoms with van der Waals surface area (Å²) in [4.78, 5) is 0. The first kappa shape index (κ1) is 15.5. The van der Waals surface area contributed by atoms with E-state index in [4.69, 9.17) is 0 Å². The van der Waals surface area contributed by atoms with Crippen LogP contribution < -0.4 is 0 Å². The van der Waals surface area contributed by atoms with Gasteiger partial charge in [0, 0.05) is 12.8 Å². The zero-order valence-corrected chi connectivity index (χ0v) is 11.1. The highest BCUT2D eigenvalue weighted by molar-refractivity contribution is 5.15. The molecule has 0 radical (unpaired) electrons. The number of hydrogen-bond acceptors (Lipinski definition) is 0. The van der Waals surface area contributed by atoms with Crippen molar-refractivity contribution in [3.05, 3.63) is 11.6 Å². The molecular weight excluding hydrogens is 244 g/mol. The van der Waals surface area contributed by atoms with E-state index in [0.717, 1.165) is 52.4 Å². The molecule has 0 aromatic carbocycles. The highest BCUT2D eigenvalue weighted by atomic mass is 19.3. The molecule has 0 aromatic heterocycles. The summed E-state index contributed by atoms with van der Waals surface area (Å²) < 4.78 is 49.6. The van der Waals surface area contributed by atoms with Gasteiger partial charge in [-0.05, 0) is 44.6 Å². The highest BCUT2D eigenvalue weighted by Gasteiger charge is 2.35. The summed E-state index contributed by atoms with van der Waals surface area (Å²) in [5, 5.41) is 0. The van der Waals surface area contributed by atoms with Gasteiger partial charge in [-0.3, -0.25) is 0 Å². The molecular formula is C14H22F4. The third-order valence-corrected chi connectivity index (χ3v) is 3.68. The van der Waals surface area contributed by atoms with Crippen LogP contribution in [-0.4, -0.2) is 11.8 Å². The Morgan fingerprint density at radius 1 is 1.00 bits per heavy atom. The van der Waals surface area contributed by atoms with Crippen LogP contribution in [0, 0.1) is 5.92 Å². The third-order valence-electron chi connectivity index (χ3n) is 3.68. The van der Waals surface area contributed by atoms with E-state index in [2.05, 4.69) is 0 Å². The highest BCUT2D eigenvalue weighted by Crippen LogP contribution is 2.37. The van der Waals surface area contributed by atoms with E-state index in [0.29, 0.717) is 12.0 Å². The molecule has 0 bridgehead atoms. The Morgan fingerprint density at radius 3 is 1.78 bits per heavy atom. The van der Waals surface area contributed by atoms with Gasteiger partial charge < -0.3 is 0 Å². The summed E-state index contributed by atoms with van der Waals surface area (Å²) in [6, 6.07) is 0. The van der Waals surface area contributed by atoms with Gasteiger partial charge in [0.25, 0.3) is 5.92 Å². The Balaban J connectivity index is 0.000000180. The number of alkyl halides is 4. The predicted molar refractivity (Wildman–Crippen MR) is 65.1 cm³/mol.